The molecule has 0 bridgehead atoms. The number of benzene rings is 2. The highest BCUT2D eigenvalue weighted by Gasteiger charge is 2.63. The number of carbonyl (C=O) groups is 1. The van der Waals surface area contributed by atoms with Gasteiger partial charge in [-0.1, -0.05) is 30.3 Å². The van der Waals surface area contributed by atoms with E-state index < -0.39 is 0 Å². The van der Waals surface area contributed by atoms with Gasteiger partial charge in [0.2, 0.25) is 0 Å². The molecule has 2 aliphatic heterocycles. The van der Waals surface area contributed by atoms with Crippen LogP contribution in [0.4, 0.5) is 5.69 Å². The van der Waals surface area contributed by atoms with E-state index in [-0.39, 0.29) is 16.0 Å². The third-order valence-corrected chi connectivity index (χ3v) is 7.87. The Labute approximate surface area is 150 Å². The molecule has 1 atom stereocenters. The molecule has 124 valence electrons. The molecule has 1 unspecified atom stereocenters. The van der Waals surface area contributed by atoms with E-state index in [0.29, 0.717) is 0 Å². The molecule has 1 spiro atoms. The second kappa shape index (κ2) is 6.37. The highest BCUT2D eigenvalue weighted by atomic mass is 32.2. The smallest absolute Gasteiger partial charge is 0.256 e. The molecular weight excluding hydrogens is 338 g/mol. The van der Waals surface area contributed by atoms with Gasteiger partial charge in [-0.15, -0.1) is 23.5 Å². The number of carbonyl (C=O) groups excluding carboxylic acids is 1. The number of methoxy groups -OCH3 is 1. The van der Waals surface area contributed by atoms with Crippen LogP contribution in [0.25, 0.3) is 0 Å². The number of rotatable bonds is 3. The van der Waals surface area contributed by atoms with E-state index in [1.54, 1.807) is 7.11 Å². The average molecular weight is 358 g/mol. The fraction of sp³-hybridized carbons (Fsp3) is 0.316. The third-order valence-electron chi connectivity index (χ3n) is 4.52. The van der Waals surface area contributed by atoms with E-state index in [4.69, 9.17) is 4.74 Å². The summed E-state index contributed by atoms with van der Waals surface area (Å²) in [6.45, 7) is 0. The lowest BCUT2D eigenvalue weighted by Crippen LogP contribution is -2.66. The van der Waals surface area contributed by atoms with Crippen molar-refractivity contribution in [3.05, 3.63) is 60.2 Å². The third kappa shape index (κ3) is 2.42. The highest BCUT2D eigenvalue weighted by molar-refractivity contribution is 8.20. The van der Waals surface area contributed by atoms with Gasteiger partial charge in [0, 0.05) is 5.69 Å². The number of anilines is 1. The zero-order valence-corrected chi connectivity index (χ0v) is 15.1. The SMILES string of the molecule is COc1ccc(N2C(=O)C3(SCCCS3)C2c2ccccc2)cc1. The zero-order chi connectivity index (χ0) is 16.6. The molecule has 4 rings (SSSR count). The molecule has 0 N–H and O–H groups in total. The minimum Gasteiger partial charge on any atom is -0.497 e. The molecule has 2 aromatic rings. The summed E-state index contributed by atoms with van der Waals surface area (Å²) in [6.07, 6.45) is 1.18. The Balaban J connectivity index is 1.73. The second-order valence-electron chi connectivity index (χ2n) is 5.90. The van der Waals surface area contributed by atoms with Crippen molar-refractivity contribution >= 4 is 35.1 Å². The maximum Gasteiger partial charge on any atom is 0.256 e. The van der Waals surface area contributed by atoms with Crippen molar-refractivity contribution in [3.63, 3.8) is 0 Å². The monoisotopic (exact) mass is 357 g/mol. The number of nitrogens with zero attached hydrogens (tertiary/aromatic N) is 1. The van der Waals surface area contributed by atoms with Gasteiger partial charge >= 0.3 is 0 Å². The maximum absolute atomic E-state index is 13.1. The Morgan fingerprint density at radius 3 is 2.33 bits per heavy atom. The van der Waals surface area contributed by atoms with E-state index in [0.717, 1.165) is 22.9 Å². The molecule has 24 heavy (non-hydrogen) atoms. The number of β-lactam (4-membered cyclic amide) rings is 1. The van der Waals surface area contributed by atoms with Gasteiger partial charge in [-0.25, -0.2) is 0 Å². The summed E-state index contributed by atoms with van der Waals surface area (Å²) in [5.74, 6) is 3.13. The Morgan fingerprint density at radius 2 is 1.71 bits per heavy atom. The molecule has 0 aromatic heterocycles. The van der Waals surface area contributed by atoms with Crippen molar-refractivity contribution in [2.45, 2.75) is 16.5 Å². The molecule has 2 fully saturated rings. The van der Waals surface area contributed by atoms with Gasteiger partial charge < -0.3 is 9.64 Å². The molecule has 0 aliphatic carbocycles. The highest BCUT2D eigenvalue weighted by Crippen LogP contribution is 2.61. The number of hydrogen-bond donors (Lipinski definition) is 0. The van der Waals surface area contributed by atoms with Crippen LogP contribution in [-0.4, -0.2) is 28.6 Å². The summed E-state index contributed by atoms with van der Waals surface area (Å²) in [5, 5.41) is 0. The van der Waals surface area contributed by atoms with Crippen molar-refractivity contribution in [2.75, 3.05) is 23.5 Å². The first-order valence-corrected chi connectivity index (χ1v) is 10.0. The van der Waals surface area contributed by atoms with Gasteiger partial charge in [0.1, 0.15) is 5.75 Å². The quantitative estimate of drug-likeness (QED) is 0.764. The molecule has 2 aliphatic rings. The van der Waals surface area contributed by atoms with Gasteiger partial charge in [-0.3, -0.25) is 4.79 Å². The molecule has 0 radical (unpaired) electrons. The maximum atomic E-state index is 13.1. The van der Waals surface area contributed by atoms with Crippen molar-refractivity contribution in [2.24, 2.45) is 0 Å². The van der Waals surface area contributed by atoms with E-state index >= 15 is 0 Å². The molecule has 1 amide bonds. The van der Waals surface area contributed by atoms with E-state index in [9.17, 15) is 4.79 Å². The largest absolute Gasteiger partial charge is 0.497 e. The lowest BCUT2D eigenvalue weighted by atomic mass is 9.91. The van der Waals surface area contributed by atoms with Gasteiger partial charge in [0.15, 0.2) is 4.08 Å². The van der Waals surface area contributed by atoms with Crippen LogP contribution in [0.2, 0.25) is 0 Å². The van der Waals surface area contributed by atoms with Crippen LogP contribution < -0.4 is 9.64 Å². The number of amides is 1. The first-order chi connectivity index (χ1) is 11.8. The van der Waals surface area contributed by atoms with E-state index in [2.05, 4.69) is 24.3 Å². The molecule has 2 aromatic carbocycles. The van der Waals surface area contributed by atoms with Crippen LogP contribution >= 0.6 is 23.5 Å². The normalized spacial score (nSPS) is 22.3. The lowest BCUT2D eigenvalue weighted by Gasteiger charge is -2.56. The topological polar surface area (TPSA) is 29.5 Å². The summed E-state index contributed by atoms with van der Waals surface area (Å²) in [6, 6.07) is 18.2. The van der Waals surface area contributed by atoms with Crippen LogP contribution in [-0.2, 0) is 4.79 Å². The molecular formula is C19H19NO2S2. The predicted molar refractivity (Wildman–Crippen MR) is 102 cm³/mol. The minimum atomic E-state index is -0.362. The van der Waals surface area contributed by atoms with E-state index in [1.165, 1.54) is 12.0 Å². The van der Waals surface area contributed by atoms with Crippen LogP contribution in [0.5, 0.6) is 5.75 Å². The average Bonchev–Trinajstić information content (AvgIpc) is 2.67. The van der Waals surface area contributed by atoms with Crippen molar-refractivity contribution in [3.8, 4) is 5.75 Å². The molecule has 2 heterocycles. The first-order valence-electron chi connectivity index (χ1n) is 8.07. The first kappa shape index (κ1) is 15.9. The summed E-state index contributed by atoms with van der Waals surface area (Å²) in [7, 11) is 1.65. The minimum absolute atomic E-state index is 0.0786. The standard InChI is InChI=1S/C19H19NO2S2/c1-22-16-10-8-15(9-11-16)20-17(14-6-3-2-4-7-14)19(18(20)21)23-12-5-13-24-19/h2-4,6-11,17H,5,12-13H2,1H3. The van der Waals surface area contributed by atoms with Crippen molar-refractivity contribution in [1.82, 2.24) is 0 Å². The summed E-state index contributed by atoms with van der Waals surface area (Å²) >= 11 is 3.63. The molecule has 3 nitrogen and oxygen atoms in total. The Bertz CT molecular complexity index is 727. The predicted octanol–water partition coefficient (Wildman–Crippen LogP) is 4.35. The van der Waals surface area contributed by atoms with E-state index in [1.807, 2.05) is 58.8 Å². The van der Waals surface area contributed by atoms with Crippen molar-refractivity contribution in [1.29, 1.82) is 0 Å². The molecule has 2 saturated heterocycles. The fourth-order valence-corrected chi connectivity index (χ4v) is 6.79. The van der Waals surface area contributed by atoms with Crippen molar-refractivity contribution < 1.29 is 9.53 Å². The second-order valence-corrected chi connectivity index (χ2v) is 8.84. The Hall–Kier alpha value is -1.59. The number of hydrogen-bond acceptors (Lipinski definition) is 4. The van der Waals surface area contributed by atoms with Crippen LogP contribution in [0.1, 0.15) is 18.0 Å². The summed E-state index contributed by atoms with van der Waals surface area (Å²) in [4.78, 5) is 15.1. The lowest BCUT2D eigenvalue weighted by molar-refractivity contribution is -0.124. The molecule has 5 heteroatoms. The molecule has 0 saturated carbocycles. The fourth-order valence-electron chi connectivity index (χ4n) is 3.35. The van der Waals surface area contributed by atoms with Gasteiger partial charge in [-0.05, 0) is 47.8 Å². The zero-order valence-electron chi connectivity index (χ0n) is 13.5. The van der Waals surface area contributed by atoms with Crippen LogP contribution in [0, 0.1) is 0 Å². The Kier molecular flexibility index (Phi) is 4.22. The summed E-state index contributed by atoms with van der Waals surface area (Å²) < 4.78 is 4.88. The number of ether oxygens (including phenoxy) is 1. The van der Waals surface area contributed by atoms with Gasteiger partial charge in [-0.2, -0.15) is 0 Å². The Morgan fingerprint density at radius 1 is 1.04 bits per heavy atom. The van der Waals surface area contributed by atoms with Gasteiger partial charge in [0.25, 0.3) is 5.91 Å². The number of thioether (sulfide) groups is 2. The van der Waals surface area contributed by atoms with Gasteiger partial charge in [0.05, 0.1) is 13.2 Å². The van der Waals surface area contributed by atoms with Crippen LogP contribution in [0.15, 0.2) is 54.6 Å². The van der Waals surface area contributed by atoms with Crippen LogP contribution in [0.3, 0.4) is 0 Å². The summed E-state index contributed by atoms with van der Waals surface area (Å²) in [5.41, 5.74) is 2.14.